The van der Waals surface area contributed by atoms with Gasteiger partial charge in [0.1, 0.15) is 0 Å². The normalized spacial score (nSPS) is 13.1. The number of carbonyl (C=O) groups excluding carboxylic acids is 1. The van der Waals surface area contributed by atoms with E-state index in [0.717, 1.165) is 30.0 Å². The van der Waals surface area contributed by atoms with Crippen LogP contribution in [0.15, 0.2) is 47.4 Å². The van der Waals surface area contributed by atoms with Crippen LogP contribution in [0.4, 0.5) is 4.39 Å². The summed E-state index contributed by atoms with van der Waals surface area (Å²) in [6.45, 7) is 0.869. The van der Waals surface area contributed by atoms with Gasteiger partial charge in [0.15, 0.2) is 20.4 Å². The second-order valence-electron chi connectivity index (χ2n) is 6.38. The molecule has 0 aliphatic carbocycles. The van der Waals surface area contributed by atoms with Crippen LogP contribution in [0.5, 0.6) is 0 Å². The van der Waals surface area contributed by atoms with E-state index in [2.05, 4.69) is 11.8 Å². The maximum atomic E-state index is 14.3. The number of carbonyl (C=O) groups is 1. The smallest absolute Gasteiger partial charge is 0.264 e. The molecule has 0 bridgehead atoms. The van der Waals surface area contributed by atoms with Crippen molar-refractivity contribution in [2.24, 2.45) is 0 Å². The van der Waals surface area contributed by atoms with Gasteiger partial charge in [-0.05, 0) is 25.5 Å². The summed E-state index contributed by atoms with van der Waals surface area (Å²) in [6, 6.07) is 9.86. The summed E-state index contributed by atoms with van der Waals surface area (Å²) in [5.41, 5.74) is 1.28. The Labute approximate surface area is 161 Å². The van der Waals surface area contributed by atoms with Gasteiger partial charge in [-0.15, -0.1) is 0 Å². The Hall–Kier alpha value is -2.96. The molecular formula is C19H19FN2O5S. The van der Waals surface area contributed by atoms with E-state index in [-0.39, 0.29) is 18.5 Å². The molecule has 0 aliphatic rings. The van der Waals surface area contributed by atoms with E-state index >= 15 is 0 Å². The number of sulfone groups is 1. The van der Waals surface area contributed by atoms with Gasteiger partial charge in [-0.1, -0.05) is 30.0 Å². The number of aromatic nitrogens is 1. The van der Waals surface area contributed by atoms with E-state index in [0.29, 0.717) is 5.56 Å². The van der Waals surface area contributed by atoms with E-state index in [9.17, 15) is 22.4 Å². The third-order valence-electron chi connectivity index (χ3n) is 4.42. The van der Waals surface area contributed by atoms with E-state index in [4.69, 9.17) is 5.21 Å². The zero-order chi connectivity index (χ0) is 20.9. The highest BCUT2D eigenvalue weighted by atomic mass is 32.2. The van der Waals surface area contributed by atoms with Crippen LogP contribution in [0.25, 0.3) is 0 Å². The van der Waals surface area contributed by atoms with Crippen LogP contribution >= 0.6 is 0 Å². The van der Waals surface area contributed by atoms with Gasteiger partial charge in [-0.3, -0.25) is 14.8 Å². The minimum atomic E-state index is -3.92. The molecule has 9 heteroatoms. The van der Waals surface area contributed by atoms with Crippen LogP contribution in [0.1, 0.15) is 24.5 Å². The highest BCUT2D eigenvalue weighted by Crippen LogP contribution is 2.22. The average Bonchev–Trinajstić information content (AvgIpc) is 2.66. The Kier molecular flexibility index (Phi) is 6.38. The van der Waals surface area contributed by atoms with Crippen LogP contribution in [-0.2, 0) is 21.2 Å². The zero-order valence-electron chi connectivity index (χ0n) is 15.3. The molecule has 0 aliphatic heterocycles. The van der Waals surface area contributed by atoms with Crippen molar-refractivity contribution in [3.63, 3.8) is 0 Å². The van der Waals surface area contributed by atoms with Crippen molar-refractivity contribution >= 4 is 15.7 Å². The Balaban J connectivity index is 2.29. The van der Waals surface area contributed by atoms with Crippen LogP contribution < -0.4 is 11.0 Å². The monoisotopic (exact) mass is 406 g/mol. The predicted octanol–water partition coefficient (Wildman–Crippen LogP) is 1.09. The molecule has 148 valence electrons. The first-order valence-corrected chi connectivity index (χ1v) is 10.1. The first kappa shape index (κ1) is 21.3. The van der Waals surface area contributed by atoms with E-state index in [1.165, 1.54) is 5.48 Å². The number of benzene rings is 1. The van der Waals surface area contributed by atoms with Crippen molar-refractivity contribution in [2.75, 3.05) is 6.26 Å². The third kappa shape index (κ3) is 4.65. The van der Waals surface area contributed by atoms with Gasteiger partial charge in [0, 0.05) is 30.6 Å². The summed E-state index contributed by atoms with van der Waals surface area (Å²) in [5.74, 6) is 3.45. The third-order valence-corrected chi connectivity index (χ3v) is 6.45. The number of amides is 1. The molecule has 1 aromatic heterocycles. The number of pyridine rings is 1. The predicted molar refractivity (Wildman–Crippen MR) is 101 cm³/mol. The number of halogens is 1. The Bertz CT molecular complexity index is 1100. The molecule has 2 N–H and O–H groups in total. The van der Waals surface area contributed by atoms with Gasteiger partial charge in [-0.25, -0.2) is 18.3 Å². The van der Waals surface area contributed by atoms with Gasteiger partial charge in [-0.2, -0.15) is 0 Å². The highest BCUT2D eigenvalue weighted by molar-refractivity contribution is 7.92. The van der Waals surface area contributed by atoms with Crippen molar-refractivity contribution in [1.82, 2.24) is 10.0 Å². The molecule has 0 saturated heterocycles. The van der Waals surface area contributed by atoms with Crippen molar-refractivity contribution < 1.29 is 22.8 Å². The second kappa shape index (κ2) is 8.37. The van der Waals surface area contributed by atoms with E-state index < -0.39 is 31.9 Å². The molecule has 2 rings (SSSR count). The summed E-state index contributed by atoms with van der Waals surface area (Å²) < 4.78 is 37.2. The van der Waals surface area contributed by atoms with Crippen LogP contribution in [0.3, 0.4) is 0 Å². The minimum absolute atomic E-state index is 0.0934. The van der Waals surface area contributed by atoms with Gasteiger partial charge in [0.2, 0.25) is 0 Å². The molecular weight excluding hydrogens is 387 g/mol. The standard InChI is InChI=1S/C19H19FN2O5S/c1-19(18(24)21-25,28(2,26)27)10-11-22-13-16(20)15(12-17(22)23)9-8-14-6-4-3-5-7-14/h3-7,12-13,25H,10-11H2,1-2H3,(H,21,24). The first-order valence-electron chi connectivity index (χ1n) is 8.19. The number of aryl methyl sites for hydroxylation is 1. The Morgan fingerprint density at radius 2 is 1.93 bits per heavy atom. The molecule has 2 aromatic rings. The van der Waals surface area contributed by atoms with Gasteiger partial charge >= 0.3 is 0 Å². The van der Waals surface area contributed by atoms with Gasteiger partial charge < -0.3 is 4.57 Å². The Morgan fingerprint density at radius 3 is 2.50 bits per heavy atom. The van der Waals surface area contributed by atoms with Crippen LogP contribution in [0.2, 0.25) is 0 Å². The molecule has 1 heterocycles. The highest BCUT2D eigenvalue weighted by Gasteiger charge is 2.43. The number of hydrogen-bond donors (Lipinski definition) is 2. The maximum Gasteiger partial charge on any atom is 0.264 e. The lowest BCUT2D eigenvalue weighted by Crippen LogP contribution is -2.50. The summed E-state index contributed by atoms with van der Waals surface area (Å²) in [6.07, 6.45) is 1.41. The lowest BCUT2D eigenvalue weighted by Gasteiger charge is -2.25. The number of hydroxylamine groups is 1. The average molecular weight is 406 g/mol. The summed E-state index contributed by atoms with van der Waals surface area (Å²) >= 11 is 0. The fourth-order valence-corrected chi connectivity index (χ4v) is 3.24. The minimum Gasteiger partial charge on any atom is -0.312 e. The first-order chi connectivity index (χ1) is 13.1. The van der Waals surface area contributed by atoms with Crippen LogP contribution in [0, 0.1) is 17.7 Å². The number of nitrogens with one attached hydrogen (secondary N) is 1. The van der Waals surface area contributed by atoms with E-state index in [1.807, 2.05) is 6.07 Å². The molecule has 7 nitrogen and oxygen atoms in total. The summed E-state index contributed by atoms with van der Waals surface area (Å²) in [5, 5.41) is 8.81. The van der Waals surface area contributed by atoms with Gasteiger partial charge in [0.05, 0.1) is 5.56 Å². The van der Waals surface area contributed by atoms with E-state index in [1.54, 1.807) is 24.3 Å². The lowest BCUT2D eigenvalue weighted by atomic mass is 10.1. The molecule has 1 aromatic carbocycles. The fourth-order valence-electron chi connectivity index (χ4n) is 2.40. The summed E-state index contributed by atoms with van der Waals surface area (Å²) in [4.78, 5) is 24.0. The molecule has 1 atom stereocenters. The molecule has 0 radical (unpaired) electrons. The van der Waals surface area contributed by atoms with Crippen molar-refractivity contribution in [3.05, 3.63) is 69.9 Å². The SMILES string of the molecule is CC(CCn1cc(F)c(C#Cc2ccccc2)cc1=O)(C(=O)NO)S(C)(=O)=O. The second-order valence-corrected chi connectivity index (χ2v) is 8.82. The van der Waals surface area contributed by atoms with Crippen molar-refractivity contribution in [3.8, 4) is 11.8 Å². The van der Waals surface area contributed by atoms with Crippen molar-refractivity contribution in [2.45, 2.75) is 24.6 Å². The number of nitrogens with zero attached hydrogens (tertiary/aromatic N) is 1. The van der Waals surface area contributed by atoms with Crippen molar-refractivity contribution in [1.29, 1.82) is 0 Å². The van der Waals surface area contributed by atoms with Gasteiger partial charge in [0.25, 0.3) is 11.5 Å². The summed E-state index contributed by atoms with van der Waals surface area (Å²) in [7, 11) is -3.92. The maximum absolute atomic E-state index is 14.3. The number of hydrogen-bond acceptors (Lipinski definition) is 5. The number of rotatable bonds is 5. The molecule has 1 unspecified atom stereocenters. The molecule has 28 heavy (non-hydrogen) atoms. The quantitative estimate of drug-likeness (QED) is 0.439. The van der Waals surface area contributed by atoms with Crippen LogP contribution in [-0.4, -0.2) is 35.1 Å². The topological polar surface area (TPSA) is 105 Å². The molecule has 1 amide bonds. The molecule has 0 fully saturated rings. The lowest BCUT2D eigenvalue weighted by molar-refractivity contribution is -0.131. The molecule has 0 saturated carbocycles. The molecule has 0 spiro atoms. The Morgan fingerprint density at radius 1 is 1.29 bits per heavy atom. The zero-order valence-corrected chi connectivity index (χ0v) is 16.1. The largest absolute Gasteiger partial charge is 0.312 e. The fraction of sp³-hybridized carbons (Fsp3) is 0.263.